The molecule has 0 saturated carbocycles. The van der Waals surface area contributed by atoms with E-state index in [2.05, 4.69) is 41.5 Å². The van der Waals surface area contributed by atoms with E-state index in [0.29, 0.717) is 10.8 Å². The molecule has 11 heavy (non-hydrogen) atoms. The number of hydrogen-bond acceptors (Lipinski definition) is 0. The summed E-state index contributed by atoms with van der Waals surface area (Å²) in [6, 6.07) is 0. The molecule has 0 unspecified atom stereocenters. The zero-order chi connectivity index (χ0) is 9.12. The standard InChI is InChI=1S/2C5H11.Mn/c2*1-5(2,3)4;/h2*1H2,2-4H3;. The molecule has 69 valence electrons. The average molecular weight is 197 g/mol. The Hall–Kier alpha value is 0.519. The first-order chi connectivity index (χ1) is 4.71. The van der Waals surface area contributed by atoms with Crippen molar-refractivity contribution in [2.45, 2.75) is 52.2 Å². The number of rotatable bonds is 2. The van der Waals surface area contributed by atoms with E-state index in [1.54, 1.807) is 0 Å². The van der Waals surface area contributed by atoms with E-state index < -0.39 is 0 Å². The van der Waals surface area contributed by atoms with Crippen LogP contribution in [-0.2, 0) is 15.0 Å². The Kier molecular flexibility index (Phi) is 4.14. The molecule has 0 heterocycles. The van der Waals surface area contributed by atoms with Crippen molar-refractivity contribution in [2.24, 2.45) is 10.8 Å². The molecular formula is C10H22Mn. The van der Waals surface area contributed by atoms with E-state index >= 15 is 0 Å². The molecular weight excluding hydrogens is 175 g/mol. The SMILES string of the molecule is CC(C)(C)[CH2][Mn][CH2]C(C)(C)C. The van der Waals surface area contributed by atoms with E-state index in [1.165, 1.54) is 10.6 Å². The van der Waals surface area contributed by atoms with E-state index in [4.69, 9.17) is 0 Å². The molecule has 0 atom stereocenters. The second kappa shape index (κ2) is 3.96. The maximum atomic E-state index is 2.32. The van der Waals surface area contributed by atoms with Crippen LogP contribution in [0.15, 0.2) is 0 Å². The first kappa shape index (κ1) is 11.5. The van der Waals surface area contributed by atoms with Gasteiger partial charge in [-0.1, -0.05) is 0 Å². The van der Waals surface area contributed by atoms with Crippen molar-refractivity contribution >= 4 is 0 Å². The Morgan fingerprint density at radius 3 is 1.18 bits per heavy atom. The Morgan fingerprint density at radius 1 is 0.727 bits per heavy atom. The van der Waals surface area contributed by atoms with Crippen molar-refractivity contribution in [3.05, 3.63) is 0 Å². The molecule has 0 aliphatic heterocycles. The first-order valence-electron chi connectivity index (χ1n) is 4.24. The topological polar surface area (TPSA) is 0 Å². The van der Waals surface area contributed by atoms with Crippen LogP contribution in [0, 0.1) is 10.8 Å². The van der Waals surface area contributed by atoms with Crippen LogP contribution >= 0.6 is 0 Å². The molecule has 0 aromatic carbocycles. The summed E-state index contributed by atoms with van der Waals surface area (Å²) in [5.74, 6) is 0. The fourth-order valence-electron chi connectivity index (χ4n) is 0.614. The van der Waals surface area contributed by atoms with E-state index in [0.717, 1.165) is 15.0 Å². The maximum absolute atomic E-state index is 2.32. The molecule has 1 heteroatoms. The molecule has 0 aliphatic carbocycles. The summed E-state index contributed by atoms with van der Waals surface area (Å²) in [6.45, 7) is 13.9. The molecule has 0 saturated heterocycles. The normalized spacial score (nSPS) is 13.6. The number of hydrogen-bond donors (Lipinski definition) is 0. The summed E-state index contributed by atoms with van der Waals surface area (Å²) in [6.07, 6.45) is 0. The Morgan fingerprint density at radius 2 is 1.00 bits per heavy atom. The van der Waals surface area contributed by atoms with Crippen LogP contribution in [0.25, 0.3) is 0 Å². The van der Waals surface area contributed by atoms with Crippen LogP contribution in [0.2, 0.25) is 10.6 Å². The van der Waals surface area contributed by atoms with Crippen molar-refractivity contribution in [3.8, 4) is 0 Å². The van der Waals surface area contributed by atoms with Gasteiger partial charge < -0.3 is 0 Å². The summed E-state index contributed by atoms with van der Waals surface area (Å²) in [7, 11) is 0. The van der Waals surface area contributed by atoms with E-state index in [9.17, 15) is 0 Å². The van der Waals surface area contributed by atoms with E-state index in [-0.39, 0.29) is 0 Å². The zero-order valence-electron chi connectivity index (χ0n) is 8.79. The fourth-order valence-corrected chi connectivity index (χ4v) is 2.53. The van der Waals surface area contributed by atoms with Crippen molar-refractivity contribution in [3.63, 3.8) is 0 Å². The minimum atomic E-state index is 0.533. The third-order valence-corrected chi connectivity index (χ3v) is 4.09. The summed E-state index contributed by atoms with van der Waals surface area (Å²) in [5, 5.41) is 2.77. The first-order valence-corrected chi connectivity index (χ1v) is 5.91. The van der Waals surface area contributed by atoms with Crippen LogP contribution in [0.4, 0.5) is 0 Å². The van der Waals surface area contributed by atoms with Crippen LogP contribution in [-0.4, -0.2) is 0 Å². The molecule has 0 aromatic rings. The fraction of sp³-hybridized carbons (Fsp3) is 1.00. The summed E-state index contributed by atoms with van der Waals surface area (Å²) < 4.78 is 0. The van der Waals surface area contributed by atoms with Gasteiger partial charge in [-0.15, -0.1) is 0 Å². The minimum absolute atomic E-state index is 0.533. The summed E-state index contributed by atoms with van der Waals surface area (Å²) in [5.41, 5.74) is 1.07. The Balaban J connectivity index is 3.44. The quantitative estimate of drug-likeness (QED) is 0.587. The molecule has 0 N–H and O–H groups in total. The molecule has 0 aliphatic rings. The molecule has 0 spiro atoms. The monoisotopic (exact) mass is 197 g/mol. The van der Waals surface area contributed by atoms with Gasteiger partial charge in [0.25, 0.3) is 0 Å². The second-order valence-corrected chi connectivity index (χ2v) is 7.00. The third kappa shape index (κ3) is 10.5. The molecule has 0 aromatic heterocycles. The van der Waals surface area contributed by atoms with Crippen molar-refractivity contribution < 1.29 is 15.0 Å². The van der Waals surface area contributed by atoms with Gasteiger partial charge >= 0.3 is 78.0 Å². The van der Waals surface area contributed by atoms with Crippen molar-refractivity contribution in [1.29, 1.82) is 0 Å². The van der Waals surface area contributed by atoms with Gasteiger partial charge in [-0.05, 0) is 0 Å². The van der Waals surface area contributed by atoms with Gasteiger partial charge in [-0.25, -0.2) is 0 Å². The molecule has 0 amide bonds. The van der Waals surface area contributed by atoms with Gasteiger partial charge in [0, 0.05) is 0 Å². The molecule has 0 bridgehead atoms. The van der Waals surface area contributed by atoms with Gasteiger partial charge in [0.15, 0.2) is 0 Å². The van der Waals surface area contributed by atoms with Gasteiger partial charge in [0.1, 0.15) is 0 Å². The molecule has 0 radical (unpaired) electrons. The van der Waals surface area contributed by atoms with Gasteiger partial charge in [-0.3, -0.25) is 0 Å². The van der Waals surface area contributed by atoms with Crippen molar-refractivity contribution in [2.75, 3.05) is 0 Å². The van der Waals surface area contributed by atoms with Gasteiger partial charge in [0.2, 0.25) is 0 Å². The van der Waals surface area contributed by atoms with Crippen LogP contribution in [0.5, 0.6) is 0 Å². The zero-order valence-corrected chi connectivity index (χ0v) is 9.97. The predicted octanol–water partition coefficient (Wildman–Crippen LogP) is 4.00. The third-order valence-electron chi connectivity index (χ3n) is 0.991. The van der Waals surface area contributed by atoms with E-state index in [1.807, 2.05) is 0 Å². The molecule has 0 fully saturated rings. The molecule has 0 rings (SSSR count). The Labute approximate surface area is 78.3 Å². The van der Waals surface area contributed by atoms with Crippen LogP contribution in [0.1, 0.15) is 41.5 Å². The van der Waals surface area contributed by atoms with Gasteiger partial charge in [0.05, 0.1) is 0 Å². The average Bonchev–Trinajstić information content (AvgIpc) is 1.55. The predicted molar refractivity (Wildman–Crippen MR) is 48.5 cm³/mol. The Bertz CT molecular complexity index is 89.0. The summed E-state index contributed by atoms with van der Waals surface area (Å²) in [4.78, 5) is 0. The van der Waals surface area contributed by atoms with Crippen LogP contribution < -0.4 is 0 Å². The van der Waals surface area contributed by atoms with Crippen molar-refractivity contribution in [1.82, 2.24) is 0 Å². The summed E-state index contributed by atoms with van der Waals surface area (Å²) >= 11 is 1.11. The molecule has 0 nitrogen and oxygen atoms in total. The van der Waals surface area contributed by atoms with Gasteiger partial charge in [-0.2, -0.15) is 0 Å². The van der Waals surface area contributed by atoms with Crippen LogP contribution in [0.3, 0.4) is 0 Å². The second-order valence-electron chi connectivity index (χ2n) is 5.58.